The summed E-state index contributed by atoms with van der Waals surface area (Å²) >= 11 is 0. The number of aliphatic hydroxyl groups is 2. The fraction of sp³-hybridized carbons (Fsp3) is 0.900. The first-order valence-electron chi connectivity index (χ1n) is 10.0. The first-order valence-corrected chi connectivity index (χ1v) is 10.0. The lowest BCUT2D eigenvalue weighted by Gasteiger charge is -2.17. The Kier molecular flexibility index (Phi) is 15.7. The quantitative estimate of drug-likeness (QED) is 0.367. The van der Waals surface area contributed by atoms with Crippen LogP contribution in [0.1, 0.15) is 79.6 Å². The molecule has 7 nitrogen and oxygen atoms in total. The fourth-order valence-electron chi connectivity index (χ4n) is 2.59. The van der Waals surface area contributed by atoms with Crippen LogP contribution in [0.4, 0.5) is 0 Å². The normalized spacial score (nSPS) is 19.4. The predicted molar refractivity (Wildman–Crippen MR) is 115 cm³/mol. The van der Waals surface area contributed by atoms with Crippen LogP contribution in [0.15, 0.2) is 0 Å². The molecule has 0 radical (unpaired) electrons. The second-order valence-corrected chi connectivity index (χ2v) is 7.67. The highest BCUT2D eigenvalue weighted by Gasteiger charge is 2.29. The third kappa shape index (κ3) is 11.8. The summed E-state index contributed by atoms with van der Waals surface area (Å²) in [6, 6.07) is 0.204. The molecule has 0 unspecified atom stereocenters. The van der Waals surface area contributed by atoms with Crippen molar-refractivity contribution in [2.45, 2.75) is 110 Å². The van der Waals surface area contributed by atoms with Crippen LogP contribution >= 0.6 is 12.4 Å². The predicted octanol–water partition coefficient (Wildman–Crippen LogP) is 1.87. The van der Waals surface area contributed by atoms with Crippen molar-refractivity contribution in [2.75, 3.05) is 0 Å². The first kappa shape index (κ1) is 29.3. The van der Waals surface area contributed by atoms with Gasteiger partial charge >= 0.3 is 0 Å². The molecule has 0 aromatic heterocycles. The molecule has 6 N–H and O–H groups in total. The average molecular weight is 424 g/mol. The number of halogens is 1. The van der Waals surface area contributed by atoms with E-state index in [1.165, 1.54) is 0 Å². The Bertz CT molecular complexity index is 405. The highest BCUT2D eigenvalue weighted by Crippen LogP contribution is 2.20. The Morgan fingerprint density at radius 1 is 0.929 bits per heavy atom. The van der Waals surface area contributed by atoms with Crippen LogP contribution in [0, 0.1) is 5.92 Å². The Hall–Kier alpha value is -0.890. The van der Waals surface area contributed by atoms with Gasteiger partial charge in [-0.3, -0.25) is 9.59 Å². The van der Waals surface area contributed by atoms with E-state index in [0.29, 0.717) is 12.5 Å². The van der Waals surface area contributed by atoms with Crippen molar-refractivity contribution in [3.63, 3.8) is 0 Å². The van der Waals surface area contributed by atoms with Crippen molar-refractivity contribution in [1.29, 1.82) is 0 Å². The van der Waals surface area contributed by atoms with Crippen LogP contribution in [0.2, 0.25) is 0 Å². The molecule has 2 amide bonds. The third-order valence-corrected chi connectivity index (χ3v) is 4.70. The topological polar surface area (TPSA) is 125 Å². The number of carbonyl (C=O) groups excluding carboxylic acids is 2. The largest absolute Gasteiger partial charge is 0.383 e. The van der Waals surface area contributed by atoms with E-state index in [1.807, 2.05) is 13.8 Å². The number of carbonyl (C=O) groups is 2. The van der Waals surface area contributed by atoms with Crippen molar-refractivity contribution in [3.05, 3.63) is 0 Å². The van der Waals surface area contributed by atoms with E-state index < -0.39 is 18.2 Å². The molecule has 0 aliphatic heterocycles. The van der Waals surface area contributed by atoms with E-state index in [9.17, 15) is 19.8 Å². The van der Waals surface area contributed by atoms with Gasteiger partial charge in [0.25, 0.3) is 5.91 Å². The minimum absolute atomic E-state index is 0. The van der Waals surface area contributed by atoms with E-state index in [-0.39, 0.29) is 43.6 Å². The fourth-order valence-corrected chi connectivity index (χ4v) is 2.59. The van der Waals surface area contributed by atoms with Crippen LogP contribution in [-0.4, -0.2) is 52.4 Å². The zero-order chi connectivity index (χ0) is 19.7. The molecule has 2 saturated carbocycles. The molecule has 2 aliphatic rings. The van der Waals surface area contributed by atoms with Gasteiger partial charge in [0.2, 0.25) is 5.91 Å². The van der Waals surface area contributed by atoms with Crippen LogP contribution < -0.4 is 16.4 Å². The van der Waals surface area contributed by atoms with Gasteiger partial charge in [-0.25, -0.2) is 0 Å². The summed E-state index contributed by atoms with van der Waals surface area (Å²) in [6.45, 7) is 5.95. The molecule has 168 valence electrons. The van der Waals surface area contributed by atoms with Gasteiger partial charge in [-0.2, -0.15) is 0 Å². The number of nitrogens with two attached hydrogens (primary N) is 1. The molecular formula is C20H42ClN3O4. The van der Waals surface area contributed by atoms with E-state index in [0.717, 1.165) is 44.9 Å². The Morgan fingerprint density at radius 3 is 1.68 bits per heavy atom. The van der Waals surface area contributed by atoms with E-state index in [1.54, 1.807) is 0 Å². The van der Waals surface area contributed by atoms with Crippen molar-refractivity contribution < 1.29 is 19.8 Å². The lowest BCUT2D eigenvalue weighted by atomic mass is 9.99. The number of hydrogen-bond acceptors (Lipinski definition) is 5. The molecule has 0 saturated heterocycles. The number of rotatable bonds is 10. The highest BCUT2D eigenvalue weighted by atomic mass is 35.5. The molecular weight excluding hydrogens is 382 g/mol. The second kappa shape index (κ2) is 15.0. The molecule has 28 heavy (non-hydrogen) atoms. The summed E-state index contributed by atoms with van der Waals surface area (Å²) in [6.07, 6.45) is 5.81. The minimum Gasteiger partial charge on any atom is -0.383 e. The molecule has 2 rings (SSSR count). The highest BCUT2D eigenvalue weighted by molar-refractivity contribution is 5.85. The summed E-state index contributed by atoms with van der Waals surface area (Å²) in [7, 11) is 0. The van der Waals surface area contributed by atoms with Crippen molar-refractivity contribution in [1.82, 2.24) is 10.6 Å². The zero-order valence-electron chi connectivity index (χ0n) is 16.8. The van der Waals surface area contributed by atoms with Gasteiger partial charge in [0, 0.05) is 18.1 Å². The summed E-state index contributed by atoms with van der Waals surface area (Å²) in [5, 5.41) is 24.6. The average Bonchev–Trinajstić information content (AvgIpc) is 3.51. The van der Waals surface area contributed by atoms with Gasteiger partial charge in [-0.1, -0.05) is 41.0 Å². The third-order valence-electron chi connectivity index (χ3n) is 4.70. The maximum absolute atomic E-state index is 11.3. The molecule has 0 bridgehead atoms. The maximum Gasteiger partial charge on any atom is 0.250 e. The molecule has 2 fully saturated rings. The Labute approximate surface area is 176 Å². The van der Waals surface area contributed by atoms with Gasteiger partial charge in [0.1, 0.15) is 12.2 Å². The van der Waals surface area contributed by atoms with Crippen molar-refractivity contribution in [3.8, 4) is 0 Å². The molecule has 0 spiro atoms. The number of amides is 2. The van der Waals surface area contributed by atoms with Gasteiger partial charge < -0.3 is 26.6 Å². The number of hydrogen-bond donors (Lipinski definition) is 5. The summed E-state index contributed by atoms with van der Waals surface area (Å²) < 4.78 is 0. The van der Waals surface area contributed by atoms with E-state index in [2.05, 4.69) is 17.6 Å². The summed E-state index contributed by atoms with van der Waals surface area (Å²) in [5.74, 6) is -0.435. The standard InChI is InChI=1S/C10H19NO2.C9H18N2O2.CH4.ClH/c1-3-4-7(2)9(12)10(13)11-8-5-6-8;1-2-3-7(10)8(12)9(13)11-6-4-5-6;;/h7-9,12H,3-6H2,1-2H3,(H,11,13);6-8,12H,2-5,10H2,1H3,(H,11,13);1H4;1H/t7-,9-;7-,8-;;/m00../s1. The van der Waals surface area contributed by atoms with Gasteiger partial charge in [-0.05, 0) is 44.4 Å². The number of aliphatic hydroxyl groups excluding tert-OH is 2. The molecule has 4 atom stereocenters. The molecule has 0 aromatic rings. The lowest BCUT2D eigenvalue weighted by Crippen LogP contribution is -2.46. The summed E-state index contributed by atoms with van der Waals surface area (Å²) in [5.41, 5.74) is 5.61. The monoisotopic (exact) mass is 423 g/mol. The molecule has 0 heterocycles. The van der Waals surface area contributed by atoms with Crippen LogP contribution in [0.3, 0.4) is 0 Å². The van der Waals surface area contributed by atoms with Crippen LogP contribution in [0.5, 0.6) is 0 Å². The zero-order valence-corrected chi connectivity index (χ0v) is 17.6. The van der Waals surface area contributed by atoms with Crippen LogP contribution in [-0.2, 0) is 9.59 Å². The van der Waals surface area contributed by atoms with Gasteiger partial charge in [0.05, 0.1) is 0 Å². The van der Waals surface area contributed by atoms with Gasteiger partial charge in [-0.15, -0.1) is 12.4 Å². The summed E-state index contributed by atoms with van der Waals surface area (Å²) in [4.78, 5) is 22.6. The second-order valence-electron chi connectivity index (χ2n) is 7.67. The van der Waals surface area contributed by atoms with Gasteiger partial charge in [0.15, 0.2) is 0 Å². The van der Waals surface area contributed by atoms with Crippen molar-refractivity contribution >= 4 is 24.2 Å². The van der Waals surface area contributed by atoms with Crippen molar-refractivity contribution in [2.24, 2.45) is 11.7 Å². The number of nitrogens with one attached hydrogen (secondary N) is 2. The molecule has 8 heteroatoms. The minimum atomic E-state index is -1.04. The SMILES string of the molecule is C.CCC[C@H](C)[C@H](O)C(=O)NC1CC1.CCC[C@H](N)[C@H](O)C(=O)NC1CC1.Cl. The smallest absolute Gasteiger partial charge is 0.250 e. The molecule has 0 aromatic carbocycles. The molecule has 2 aliphatic carbocycles. The Morgan fingerprint density at radius 2 is 1.32 bits per heavy atom. The Balaban J connectivity index is 0. The maximum atomic E-state index is 11.3. The first-order chi connectivity index (χ1) is 12.3. The van der Waals surface area contributed by atoms with E-state index >= 15 is 0 Å². The lowest BCUT2D eigenvalue weighted by molar-refractivity contribution is -0.132. The van der Waals surface area contributed by atoms with E-state index in [4.69, 9.17) is 5.73 Å². The van der Waals surface area contributed by atoms with Crippen LogP contribution in [0.25, 0.3) is 0 Å².